The molecule has 37 heavy (non-hydrogen) atoms. The van der Waals surface area contributed by atoms with E-state index in [2.05, 4.69) is 5.32 Å². The average molecular weight is 509 g/mol. The lowest BCUT2D eigenvalue weighted by molar-refractivity contribution is -0.137. The number of aryl methyl sites for hydroxylation is 1. The van der Waals surface area contributed by atoms with Crippen molar-refractivity contribution >= 4 is 11.8 Å². The van der Waals surface area contributed by atoms with Gasteiger partial charge in [0.2, 0.25) is 11.8 Å². The van der Waals surface area contributed by atoms with Crippen LogP contribution in [0.5, 0.6) is 0 Å². The smallest absolute Gasteiger partial charge is 0.355 e. The van der Waals surface area contributed by atoms with Gasteiger partial charge in [0.15, 0.2) is 0 Å². The molecule has 3 aromatic rings. The van der Waals surface area contributed by atoms with E-state index in [4.69, 9.17) is 0 Å². The van der Waals surface area contributed by atoms with E-state index < -0.39 is 17.2 Å². The minimum atomic E-state index is -4.40. The van der Waals surface area contributed by atoms with Crippen LogP contribution in [-0.2, 0) is 34.0 Å². The Kier molecular flexibility index (Phi) is 8.31. The van der Waals surface area contributed by atoms with Crippen LogP contribution in [-0.4, -0.2) is 36.3 Å². The molecule has 0 radical (unpaired) electrons. The third-order valence-electron chi connectivity index (χ3n) is 7.15. The van der Waals surface area contributed by atoms with Crippen molar-refractivity contribution in [3.8, 4) is 0 Å². The van der Waals surface area contributed by atoms with Crippen molar-refractivity contribution in [2.75, 3.05) is 19.6 Å². The molecule has 0 aliphatic carbocycles. The van der Waals surface area contributed by atoms with Crippen molar-refractivity contribution in [1.29, 1.82) is 0 Å². The normalized spacial score (nSPS) is 15.3. The standard InChI is InChI=1S/C30H31F3N2O2/c31-30(32,33)26-13-7-10-24(22-26)16-19-34-28(37)29(25-11-5-2-6-12-25)17-20-35(21-18-29)27(36)15-14-23-8-3-1-4-9-23/h1-13,22H,14-21H2,(H,34,37). The van der Waals surface area contributed by atoms with Crippen molar-refractivity contribution in [3.63, 3.8) is 0 Å². The second kappa shape index (κ2) is 11.6. The Morgan fingerprint density at radius 1 is 0.811 bits per heavy atom. The molecular formula is C30H31F3N2O2. The Labute approximate surface area is 215 Å². The van der Waals surface area contributed by atoms with Gasteiger partial charge in [-0.3, -0.25) is 9.59 Å². The molecule has 0 bridgehead atoms. The van der Waals surface area contributed by atoms with Gasteiger partial charge in [0.25, 0.3) is 0 Å². The van der Waals surface area contributed by atoms with Crippen molar-refractivity contribution in [3.05, 3.63) is 107 Å². The lowest BCUT2D eigenvalue weighted by atomic mass is 9.72. The Balaban J connectivity index is 1.39. The quantitative estimate of drug-likeness (QED) is 0.433. The number of nitrogens with one attached hydrogen (secondary N) is 1. The fourth-order valence-corrected chi connectivity index (χ4v) is 4.99. The van der Waals surface area contributed by atoms with Gasteiger partial charge < -0.3 is 10.2 Å². The number of piperidine rings is 1. The lowest BCUT2D eigenvalue weighted by Gasteiger charge is -2.41. The molecule has 1 heterocycles. The number of nitrogens with zero attached hydrogens (tertiary/aromatic N) is 1. The summed E-state index contributed by atoms with van der Waals surface area (Å²) in [6, 6.07) is 24.6. The maximum atomic E-state index is 13.5. The third-order valence-corrected chi connectivity index (χ3v) is 7.15. The molecule has 0 atom stereocenters. The van der Waals surface area contributed by atoms with Crippen LogP contribution in [0.25, 0.3) is 0 Å². The number of benzene rings is 3. The van der Waals surface area contributed by atoms with Crippen molar-refractivity contribution in [1.82, 2.24) is 10.2 Å². The van der Waals surface area contributed by atoms with Gasteiger partial charge in [0.05, 0.1) is 11.0 Å². The summed E-state index contributed by atoms with van der Waals surface area (Å²) < 4.78 is 39.1. The van der Waals surface area contributed by atoms with Crippen molar-refractivity contribution in [2.24, 2.45) is 0 Å². The molecule has 0 aromatic heterocycles. The highest BCUT2D eigenvalue weighted by atomic mass is 19.4. The number of rotatable bonds is 8. The van der Waals surface area contributed by atoms with E-state index in [9.17, 15) is 22.8 Å². The number of hydrogen-bond acceptors (Lipinski definition) is 2. The first kappa shape index (κ1) is 26.5. The van der Waals surface area contributed by atoms with Gasteiger partial charge in [-0.1, -0.05) is 78.9 Å². The highest BCUT2D eigenvalue weighted by Crippen LogP contribution is 2.36. The van der Waals surface area contributed by atoms with Gasteiger partial charge >= 0.3 is 6.18 Å². The van der Waals surface area contributed by atoms with Crippen LogP contribution in [0, 0.1) is 0 Å². The second-order valence-electron chi connectivity index (χ2n) is 9.52. The molecule has 4 rings (SSSR count). The Morgan fingerprint density at radius 3 is 2.08 bits per heavy atom. The van der Waals surface area contributed by atoms with E-state index in [0.29, 0.717) is 50.8 Å². The predicted octanol–water partition coefficient (Wildman–Crippen LogP) is 5.56. The summed E-state index contributed by atoms with van der Waals surface area (Å²) in [6.45, 7) is 1.18. The first-order valence-corrected chi connectivity index (χ1v) is 12.6. The van der Waals surface area contributed by atoms with E-state index in [-0.39, 0.29) is 18.4 Å². The summed E-state index contributed by atoms with van der Waals surface area (Å²) in [5.41, 5.74) is 1.05. The SMILES string of the molecule is O=C(CCc1ccccc1)N1CCC(C(=O)NCCc2cccc(C(F)(F)F)c2)(c2ccccc2)CC1. The van der Waals surface area contributed by atoms with E-state index in [1.165, 1.54) is 6.07 Å². The number of hydrogen-bond donors (Lipinski definition) is 1. The van der Waals surface area contributed by atoms with Crippen LogP contribution < -0.4 is 5.32 Å². The van der Waals surface area contributed by atoms with Gasteiger partial charge in [0.1, 0.15) is 0 Å². The van der Waals surface area contributed by atoms with Gasteiger partial charge in [-0.05, 0) is 48.4 Å². The number of amides is 2. The van der Waals surface area contributed by atoms with Crippen LogP contribution in [0.2, 0.25) is 0 Å². The zero-order valence-corrected chi connectivity index (χ0v) is 20.6. The van der Waals surface area contributed by atoms with Crippen LogP contribution in [0.15, 0.2) is 84.9 Å². The summed E-state index contributed by atoms with van der Waals surface area (Å²) in [5, 5.41) is 2.97. The van der Waals surface area contributed by atoms with Crippen LogP contribution in [0.3, 0.4) is 0 Å². The molecule has 0 spiro atoms. The molecule has 1 saturated heterocycles. The van der Waals surface area contributed by atoms with Crippen LogP contribution in [0.1, 0.15) is 41.5 Å². The largest absolute Gasteiger partial charge is 0.416 e. The molecule has 4 nitrogen and oxygen atoms in total. The third kappa shape index (κ3) is 6.59. The number of halogens is 3. The molecule has 1 aliphatic heterocycles. The molecule has 0 saturated carbocycles. The molecule has 1 fully saturated rings. The monoisotopic (exact) mass is 508 g/mol. The average Bonchev–Trinajstić information content (AvgIpc) is 2.92. The molecule has 1 aliphatic rings. The first-order valence-electron chi connectivity index (χ1n) is 12.6. The van der Waals surface area contributed by atoms with Crippen LogP contribution >= 0.6 is 0 Å². The summed E-state index contributed by atoms with van der Waals surface area (Å²) in [6.07, 6.45) is -2.03. The molecule has 7 heteroatoms. The second-order valence-corrected chi connectivity index (χ2v) is 9.52. The number of likely N-dealkylation sites (tertiary alicyclic amines) is 1. The van der Waals surface area contributed by atoms with E-state index in [0.717, 1.165) is 23.3 Å². The summed E-state index contributed by atoms with van der Waals surface area (Å²) in [4.78, 5) is 28.2. The molecule has 2 amide bonds. The minimum Gasteiger partial charge on any atom is -0.355 e. The lowest BCUT2D eigenvalue weighted by Crippen LogP contribution is -2.53. The highest BCUT2D eigenvalue weighted by molar-refractivity contribution is 5.89. The Morgan fingerprint density at radius 2 is 1.43 bits per heavy atom. The number of alkyl halides is 3. The zero-order chi connectivity index (χ0) is 26.3. The summed E-state index contributed by atoms with van der Waals surface area (Å²) >= 11 is 0. The number of carbonyl (C=O) groups excluding carboxylic acids is 2. The van der Waals surface area contributed by atoms with Gasteiger partial charge in [0, 0.05) is 26.1 Å². The topological polar surface area (TPSA) is 49.4 Å². The Hall–Kier alpha value is -3.61. The van der Waals surface area contributed by atoms with Gasteiger partial charge in [-0.2, -0.15) is 13.2 Å². The maximum Gasteiger partial charge on any atom is 0.416 e. The van der Waals surface area contributed by atoms with Crippen molar-refractivity contribution in [2.45, 2.75) is 43.7 Å². The molecular weight excluding hydrogens is 477 g/mol. The molecule has 0 unspecified atom stereocenters. The van der Waals surface area contributed by atoms with Crippen LogP contribution in [0.4, 0.5) is 13.2 Å². The Bertz CT molecular complexity index is 1190. The van der Waals surface area contributed by atoms with Crippen molar-refractivity contribution < 1.29 is 22.8 Å². The minimum absolute atomic E-state index is 0.0791. The first-order chi connectivity index (χ1) is 17.8. The number of carbonyl (C=O) groups is 2. The molecule has 194 valence electrons. The van der Waals surface area contributed by atoms with Gasteiger partial charge in [-0.25, -0.2) is 0 Å². The van der Waals surface area contributed by atoms with E-state index in [1.54, 1.807) is 6.07 Å². The summed E-state index contributed by atoms with van der Waals surface area (Å²) in [5.74, 6) is -0.0717. The maximum absolute atomic E-state index is 13.5. The van der Waals surface area contributed by atoms with Gasteiger partial charge in [-0.15, -0.1) is 0 Å². The van der Waals surface area contributed by atoms with E-state index in [1.807, 2.05) is 65.6 Å². The summed E-state index contributed by atoms with van der Waals surface area (Å²) in [7, 11) is 0. The molecule has 1 N–H and O–H groups in total. The fraction of sp³-hybridized carbons (Fsp3) is 0.333. The molecule has 3 aromatic carbocycles. The highest BCUT2D eigenvalue weighted by Gasteiger charge is 2.43. The predicted molar refractivity (Wildman–Crippen MR) is 137 cm³/mol. The fourth-order valence-electron chi connectivity index (χ4n) is 4.99. The zero-order valence-electron chi connectivity index (χ0n) is 20.6. The van der Waals surface area contributed by atoms with E-state index >= 15 is 0 Å².